The van der Waals surface area contributed by atoms with Gasteiger partial charge in [0.15, 0.2) is 0 Å². The van der Waals surface area contributed by atoms with Crippen molar-refractivity contribution in [3.05, 3.63) is 75.1 Å². The molecule has 0 radical (unpaired) electrons. The fraction of sp³-hybridized carbons (Fsp3) is 0.250. The van der Waals surface area contributed by atoms with Crippen LogP contribution < -0.4 is 5.32 Å². The largest absolute Gasteiger partial charge is 0.340 e. The van der Waals surface area contributed by atoms with Crippen molar-refractivity contribution in [3.63, 3.8) is 0 Å². The van der Waals surface area contributed by atoms with Crippen molar-refractivity contribution >= 4 is 23.2 Å². The maximum atomic E-state index is 12.7. The van der Waals surface area contributed by atoms with E-state index in [1.165, 1.54) is 12.1 Å². The van der Waals surface area contributed by atoms with Gasteiger partial charge in [-0.2, -0.15) is 4.98 Å². The van der Waals surface area contributed by atoms with Crippen LogP contribution >= 0.6 is 11.6 Å². The molecule has 9 heteroatoms. The molecule has 0 aliphatic heterocycles. The Morgan fingerprint density at radius 1 is 1.28 bits per heavy atom. The van der Waals surface area contributed by atoms with Gasteiger partial charge in [0, 0.05) is 17.7 Å². The number of nitrogens with zero attached hydrogens (tertiary/aromatic N) is 3. The van der Waals surface area contributed by atoms with Gasteiger partial charge in [-0.25, -0.2) is 0 Å². The number of rotatable bonds is 7. The van der Waals surface area contributed by atoms with Crippen molar-refractivity contribution in [2.24, 2.45) is 5.92 Å². The summed E-state index contributed by atoms with van der Waals surface area (Å²) in [6, 6.07) is 12.2. The smallest absolute Gasteiger partial charge is 0.270 e. The molecule has 8 nitrogen and oxygen atoms in total. The first-order valence-electron chi connectivity index (χ1n) is 9.04. The molecule has 3 rings (SSSR count). The third-order valence-electron chi connectivity index (χ3n) is 4.64. The maximum Gasteiger partial charge on any atom is 0.270 e. The number of hydrogen-bond acceptors (Lipinski definition) is 6. The minimum Gasteiger partial charge on any atom is -0.340 e. The molecule has 0 saturated carbocycles. The Bertz CT molecular complexity index is 1040. The van der Waals surface area contributed by atoms with Crippen LogP contribution in [0, 0.1) is 16.0 Å². The quantitative estimate of drug-likeness (QED) is 0.438. The van der Waals surface area contributed by atoms with Gasteiger partial charge in [0.2, 0.25) is 11.7 Å². The van der Waals surface area contributed by atoms with Crippen molar-refractivity contribution < 1.29 is 14.2 Å². The highest BCUT2D eigenvalue weighted by atomic mass is 35.5. The van der Waals surface area contributed by atoms with E-state index in [0.717, 1.165) is 6.42 Å². The predicted octanol–water partition coefficient (Wildman–Crippen LogP) is 4.82. The number of nitro groups is 1. The molecule has 1 aromatic heterocycles. The van der Waals surface area contributed by atoms with Crippen LogP contribution in [-0.2, 0) is 0 Å². The van der Waals surface area contributed by atoms with Gasteiger partial charge in [-0.3, -0.25) is 14.9 Å². The van der Waals surface area contributed by atoms with Gasteiger partial charge in [0.05, 0.1) is 15.5 Å². The normalized spacial score (nSPS) is 12.9. The molecule has 0 fully saturated rings. The molecule has 0 spiro atoms. The van der Waals surface area contributed by atoms with E-state index in [2.05, 4.69) is 15.5 Å². The van der Waals surface area contributed by atoms with Gasteiger partial charge in [-0.05, 0) is 18.1 Å². The van der Waals surface area contributed by atoms with E-state index in [1.54, 1.807) is 36.4 Å². The van der Waals surface area contributed by atoms with E-state index >= 15 is 0 Å². The standard InChI is InChI=1S/C20H19ClN4O4/c1-3-12(2)17(22-19(26)15-9-4-5-10-16(15)21)20-23-18(24-29-20)13-7-6-8-14(11-13)25(27)28/h4-12,17H,3H2,1-2H3,(H,22,26)/t12-,17-/m0/s1. The Morgan fingerprint density at radius 2 is 2.03 bits per heavy atom. The highest BCUT2D eigenvalue weighted by molar-refractivity contribution is 6.33. The number of hydrogen-bond donors (Lipinski definition) is 1. The summed E-state index contributed by atoms with van der Waals surface area (Å²) >= 11 is 6.12. The molecular weight excluding hydrogens is 396 g/mol. The average Bonchev–Trinajstić information content (AvgIpc) is 3.21. The van der Waals surface area contributed by atoms with Crippen LogP contribution in [0.1, 0.15) is 42.6 Å². The Balaban J connectivity index is 1.89. The highest BCUT2D eigenvalue weighted by Gasteiger charge is 2.27. The van der Waals surface area contributed by atoms with Gasteiger partial charge < -0.3 is 9.84 Å². The molecule has 2 aromatic carbocycles. The number of non-ortho nitro benzene ring substituents is 1. The summed E-state index contributed by atoms with van der Waals surface area (Å²) in [6.45, 7) is 3.94. The molecule has 1 heterocycles. The molecule has 1 amide bonds. The third-order valence-corrected chi connectivity index (χ3v) is 4.97. The molecule has 0 saturated heterocycles. The first-order chi connectivity index (χ1) is 13.9. The summed E-state index contributed by atoms with van der Waals surface area (Å²) in [6.07, 6.45) is 0.752. The van der Waals surface area contributed by atoms with Crippen molar-refractivity contribution in [1.82, 2.24) is 15.5 Å². The Kier molecular flexibility index (Phi) is 6.23. The van der Waals surface area contributed by atoms with Gasteiger partial charge in [0.25, 0.3) is 11.6 Å². The number of benzene rings is 2. The molecule has 0 bridgehead atoms. The Labute approximate surface area is 172 Å². The molecule has 0 unspecified atom stereocenters. The average molecular weight is 415 g/mol. The lowest BCUT2D eigenvalue weighted by Gasteiger charge is -2.21. The predicted molar refractivity (Wildman–Crippen MR) is 108 cm³/mol. The van der Waals surface area contributed by atoms with Crippen LogP contribution in [0.15, 0.2) is 53.1 Å². The second-order valence-corrected chi connectivity index (χ2v) is 6.99. The van der Waals surface area contributed by atoms with Crippen LogP contribution in [0.2, 0.25) is 5.02 Å². The van der Waals surface area contributed by atoms with E-state index in [0.29, 0.717) is 16.1 Å². The zero-order chi connectivity index (χ0) is 21.0. The van der Waals surface area contributed by atoms with E-state index in [9.17, 15) is 14.9 Å². The molecule has 1 N–H and O–H groups in total. The van der Waals surface area contributed by atoms with Crippen LogP contribution in [0.3, 0.4) is 0 Å². The van der Waals surface area contributed by atoms with Crippen LogP contribution in [-0.4, -0.2) is 21.0 Å². The maximum absolute atomic E-state index is 12.7. The highest BCUT2D eigenvalue weighted by Crippen LogP contribution is 2.28. The van der Waals surface area contributed by atoms with E-state index < -0.39 is 11.0 Å². The second-order valence-electron chi connectivity index (χ2n) is 6.58. The third kappa shape index (κ3) is 4.60. The van der Waals surface area contributed by atoms with Gasteiger partial charge in [-0.15, -0.1) is 0 Å². The van der Waals surface area contributed by atoms with Crippen LogP contribution in [0.4, 0.5) is 5.69 Å². The molecule has 150 valence electrons. The second kappa shape index (κ2) is 8.83. The summed E-state index contributed by atoms with van der Waals surface area (Å²) in [7, 11) is 0. The summed E-state index contributed by atoms with van der Waals surface area (Å²) in [4.78, 5) is 27.6. The summed E-state index contributed by atoms with van der Waals surface area (Å²) < 4.78 is 5.39. The number of carbonyl (C=O) groups excluding carboxylic acids is 1. The molecule has 0 aliphatic rings. The summed E-state index contributed by atoms with van der Waals surface area (Å²) in [5, 5.41) is 18.2. The first-order valence-corrected chi connectivity index (χ1v) is 9.42. The molecular formula is C20H19ClN4O4. The Morgan fingerprint density at radius 3 is 2.72 bits per heavy atom. The zero-order valence-electron chi connectivity index (χ0n) is 15.8. The lowest BCUT2D eigenvalue weighted by molar-refractivity contribution is -0.384. The molecule has 3 aromatic rings. The fourth-order valence-corrected chi connectivity index (χ4v) is 3.01. The van der Waals surface area contributed by atoms with Crippen molar-refractivity contribution in [2.45, 2.75) is 26.3 Å². The van der Waals surface area contributed by atoms with Crippen molar-refractivity contribution in [3.8, 4) is 11.4 Å². The van der Waals surface area contributed by atoms with E-state index in [1.807, 2.05) is 13.8 Å². The number of amides is 1. The van der Waals surface area contributed by atoms with Gasteiger partial charge in [0.1, 0.15) is 6.04 Å². The van der Waals surface area contributed by atoms with E-state index in [-0.39, 0.29) is 29.2 Å². The number of carbonyl (C=O) groups is 1. The number of nitrogens with one attached hydrogen (secondary N) is 1. The zero-order valence-corrected chi connectivity index (χ0v) is 16.6. The number of halogens is 1. The van der Waals surface area contributed by atoms with Crippen LogP contribution in [0.5, 0.6) is 0 Å². The minimum absolute atomic E-state index is 0.000141. The monoisotopic (exact) mass is 414 g/mol. The van der Waals surface area contributed by atoms with Gasteiger partial charge in [-0.1, -0.05) is 61.3 Å². The van der Waals surface area contributed by atoms with Gasteiger partial charge >= 0.3 is 0 Å². The SMILES string of the molecule is CC[C@H](C)[C@H](NC(=O)c1ccccc1Cl)c1nc(-c2cccc([N+](=O)[O-])c2)no1. The summed E-state index contributed by atoms with van der Waals surface area (Å²) in [5.41, 5.74) is 0.731. The molecule has 2 atom stereocenters. The van der Waals surface area contributed by atoms with Crippen molar-refractivity contribution in [1.29, 1.82) is 0 Å². The lowest BCUT2D eigenvalue weighted by atomic mass is 9.98. The molecule has 29 heavy (non-hydrogen) atoms. The number of nitro benzene ring substituents is 1. The summed E-state index contributed by atoms with van der Waals surface area (Å²) in [5.74, 6) is 0.0844. The first kappa shape index (κ1) is 20.5. The fourth-order valence-electron chi connectivity index (χ4n) is 2.78. The number of aromatic nitrogens is 2. The molecule has 0 aliphatic carbocycles. The van der Waals surface area contributed by atoms with E-state index in [4.69, 9.17) is 16.1 Å². The van der Waals surface area contributed by atoms with Crippen LogP contribution in [0.25, 0.3) is 11.4 Å². The lowest BCUT2D eigenvalue weighted by Crippen LogP contribution is -2.33. The van der Waals surface area contributed by atoms with Crippen molar-refractivity contribution in [2.75, 3.05) is 0 Å². The minimum atomic E-state index is -0.538. The topological polar surface area (TPSA) is 111 Å². The Hall–Kier alpha value is -3.26.